The Morgan fingerprint density at radius 3 is 2.57 bits per heavy atom. The first-order valence-corrected chi connectivity index (χ1v) is 5.48. The molecule has 2 N–H and O–H groups in total. The SMILES string of the molecule is CC(C)C(CCN)c1cccc(Cl)c1. The normalized spacial score (nSPS) is 13.2. The van der Waals surface area contributed by atoms with Gasteiger partial charge in [0.1, 0.15) is 0 Å². The van der Waals surface area contributed by atoms with Crippen LogP contribution in [0.1, 0.15) is 31.7 Å². The van der Waals surface area contributed by atoms with Gasteiger partial charge in [0.25, 0.3) is 0 Å². The Morgan fingerprint density at radius 1 is 1.36 bits per heavy atom. The summed E-state index contributed by atoms with van der Waals surface area (Å²) in [4.78, 5) is 0. The Bertz CT molecular complexity index is 283. The van der Waals surface area contributed by atoms with Crippen molar-refractivity contribution in [2.75, 3.05) is 6.54 Å². The number of halogens is 1. The lowest BCUT2D eigenvalue weighted by molar-refractivity contribution is 0.473. The van der Waals surface area contributed by atoms with Crippen molar-refractivity contribution in [3.63, 3.8) is 0 Å². The molecule has 0 spiro atoms. The van der Waals surface area contributed by atoms with E-state index in [4.69, 9.17) is 17.3 Å². The summed E-state index contributed by atoms with van der Waals surface area (Å²) in [5.74, 6) is 1.13. The van der Waals surface area contributed by atoms with Crippen molar-refractivity contribution >= 4 is 11.6 Å². The van der Waals surface area contributed by atoms with E-state index in [1.807, 2.05) is 18.2 Å². The lowest BCUT2D eigenvalue weighted by Crippen LogP contribution is -2.12. The van der Waals surface area contributed by atoms with E-state index in [2.05, 4.69) is 19.9 Å². The van der Waals surface area contributed by atoms with Crippen molar-refractivity contribution in [2.45, 2.75) is 26.2 Å². The minimum atomic E-state index is 0.527. The van der Waals surface area contributed by atoms with E-state index >= 15 is 0 Å². The van der Waals surface area contributed by atoms with Gasteiger partial charge in [0.05, 0.1) is 0 Å². The van der Waals surface area contributed by atoms with Gasteiger partial charge in [-0.15, -0.1) is 0 Å². The zero-order valence-electron chi connectivity index (χ0n) is 8.83. The molecule has 0 bridgehead atoms. The Hall–Kier alpha value is -0.530. The molecule has 1 nitrogen and oxygen atoms in total. The highest BCUT2D eigenvalue weighted by Crippen LogP contribution is 2.28. The summed E-state index contributed by atoms with van der Waals surface area (Å²) in [6.45, 7) is 5.18. The van der Waals surface area contributed by atoms with E-state index in [1.165, 1.54) is 5.56 Å². The predicted molar refractivity (Wildman–Crippen MR) is 62.7 cm³/mol. The molecule has 1 atom stereocenters. The van der Waals surface area contributed by atoms with Crippen LogP contribution in [0, 0.1) is 5.92 Å². The summed E-state index contributed by atoms with van der Waals surface area (Å²) in [6, 6.07) is 8.09. The second-order valence-corrected chi connectivity index (χ2v) is 4.42. The smallest absolute Gasteiger partial charge is 0.0408 e. The molecule has 0 aliphatic rings. The summed E-state index contributed by atoms with van der Waals surface area (Å²) in [5.41, 5.74) is 6.91. The zero-order valence-corrected chi connectivity index (χ0v) is 9.59. The third-order valence-corrected chi connectivity index (χ3v) is 2.79. The number of hydrogen-bond donors (Lipinski definition) is 1. The van der Waals surface area contributed by atoms with Gasteiger partial charge in [-0.2, -0.15) is 0 Å². The van der Waals surface area contributed by atoms with E-state index in [9.17, 15) is 0 Å². The first kappa shape index (κ1) is 11.5. The molecule has 0 saturated heterocycles. The molecule has 78 valence electrons. The molecule has 0 radical (unpaired) electrons. The molecule has 1 unspecified atom stereocenters. The summed E-state index contributed by atoms with van der Waals surface area (Å²) >= 11 is 5.96. The summed E-state index contributed by atoms with van der Waals surface area (Å²) in [7, 11) is 0. The van der Waals surface area contributed by atoms with E-state index in [1.54, 1.807) is 0 Å². The largest absolute Gasteiger partial charge is 0.330 e. The van der Waals surface area contributed by atoms with Crippen LogP contribution in [0.4, 0.5) is 0 Å². The monoisotopic (exact) mass is 211 g/mol. The molecule has 0 aliphatic heterocycles. The van der Waals surface area contributed by atoms with Gasteiger partial charge in [-0.1, -0.05) is 37.6 Å². The van der Waals surface area contributed by atoms with Gasteiger partial charge in [0.15, 0.2) is 0 Å². The van der Waals surface area contributed by atoms with Gasteiger partial charge in [0, 0.05) is 5.02 Å². The van der Waals surface area contributed by atoms with Gasteiger partial charge in [-0.05, 0) is 42.5 Å². The summed E-state index contributed by atoms with van der Waals surface area (Å²) < 4.78 is 0. The molecule has 0 aromatic heterocycles. The quantitative estimate of drug-likeness (QED) is 0.812. The fourth-order valence-electron chi connectivity index (χ4n) is 1.80. The molecule has 0 heterocycles. The first-order chi connectivity index (χ1) is 6.65. The Balaban J connectivity index is 2.87. The van der Waals surface area contributed by atoms with E-state index in [0.717, 1.165) is 18.0 Å². The molecule has 1 aromatic rings. The van der Waals surface area contributed by atoms with Gasteiger partial charge >= 0.3 is 0 Å². The highest BCUT2D eigenvalue weighted by molar-refractivity contribution is 6.30. The second kappa shape index (κ2) is 5.38. The zero-order chi connectivity index (χ0) is 10.6. The van der Waals surface area contributed by atoms with Crippen molar-refractivity contribution in [1.29, 1.82) is 0 Å². The molecule has 1 rings (SSSR count). The third kappa shape index (κ3) is 3.00. The maximum atomic E-state index is 5.96. The van der Waals surface area contributed by atoms with Crippen LogP contribution in [0.2, 0.25) is 5.02 Å². The fraction of sp³-hybridized carbons (Fsp3) is 0.500. The maximum absolute atomic E-state index is 5.96. The van der Waals surface area contributed by atoms with Crippen LogP contribution in [0.3, 0.4) is 0 Å². The highest BCUT2D eigenvalue weighted by Gasteiger charge is 2.14. The Kier molecular flexibility index (Phi) is 4.43. The van der Waals surface area contributed by atoms with Crippen LogP contribution in [-0.2, 0) is 0 Å². The fourth-order valence-corrected chi connectivity index (χ4v) is 2.00. The molecule has 14 heavy (non-hydrogen) atoms. The Labute approximate surface area is 91.3 Å². The number of hydrogen-bond acceptors (Lipinski definition) is 1. The van der Waals surface area contributed by atoms with Crippen molar-refractivity contribution in [3.05, 3.63) is 34.9 Å². The standard InChI is InChI=1S/C12H18ClN/c1-9(2)12(6-7-14)10-4-3-5-11(13)8-10/h3-5,8-9,12H,6-7,14H2,1-2H3. The molecule has 1 aromatic carbocycles. The summed E-state index contributed by atoms with van der Waals surface area (Å²) in [5, 5.41) is 0.810. The minimum absolute atomic E-state index is 0.527. The van der Waals surface area contributed by atoms with Crippen LogP contribution in [0.15, 0.2) is 24.3 Å². The highest BCUT2D eigenvalue weighted by atomic mass is 35.5. The van der Waals surface area contributed by atoms with Gasteiger partial charge in [-0.3, -0.25) is 0 Å². The Morgan fingerprint density at radius 2 is 2.07 bits per heavy atom. The van der Waals surface area contributed by atoms with Crippen LogP contribution in [0.5, 0.6) is 0 Å². The van der Waals surface area contributed by atoms with Crippen molar-refractivity contribution in [2.24, 2.45) is 11.7 Å². The molecule has 0 saturated carbocycles. The number of benzene rings is 1. The van der Waals surface area contributed by atoms with Crippen LogP contribution in [0.25, 0.3) is 0 Å². The number of rotatable bonds is 4. The molecule has 0 aliphatic carbocycles. The van der Waals surface area contributed by atoms with Crippen LogP contribution >= 0.6 is 11.6 Å². The maximum Gasteiger partial charge on any atom is 0.0408 e. The first-order valence-electron chi connectivity index (χ1n) is 5.10. The minimum Gasteiger partial charge on any atom is -0.330 e. The predicted octanol–water partition coefficient (Wildman–Crippen LogP) is 3.43. The lowest BCUT2D eigenvalue weighted by Gasteiger charge is -2.20. The lowest BCUT2D eigenvalue weighted by atomic mass is 9.86. The van der Waals surface area contributed by atoms with Crippen molar-refractivity contribution < 1.29 is 0 Å². The third-order valence-electron chi connectivity index (χ3n) is 2.56. The van der Waals surface area contributed by atoms with Crippen molar-refractivity contribution in [3.8, 4) is 0 Å². The summed E-state index contributed by atoms with van der Waals surface area (Å²) in [6.07, 6.45) is 1.03. The second-order valence-electron chi connectivity index (χ2n) is 3.98. The topological polar surface area (TPSA) is 26.0 Å². The average Bonchev–Trinajstić information content (AvgIpc) is 2.13. The van der Waals surface area contributed by atoms with Gasteiger partial charge in [0.2, 0.25) is 0 Å². The van der Waals surface area contributed by atoms with Crippen LogP contribution < -0.4 is 5.73 Å². The number of nitrogens with two attached hydrogens (primary N) is 1. The van der Waals surface area contributed by atoms with E-state index < -0.39 is 0 Å². The van der Waals surface area contributed by atoms with Gasteiger partial charge in [-0.25, -0.2) is 0 Å². The average molecular weight is 212 g/mol. The molecule has 0 fully saturated rings. The van der Waals surface area contributed by atoms with E-state index in [-0.39, 0.29) is 0 Å². The van der Waals surface area contributed by atoms with Crippen molar-refractivity contribution in [1.82, 2.24) is 0 Å². The van der Waals surface area contributed by atoms with Crippen LogP contribution in [-0.4, -0.2) is 6.54 Å². The molecule has 0 amide bonds. The molecular weight excluding hydrogens is 194 g/mol. The molecule has 2 heteroatoms. The van der Waals surface area contributed by atoms with E-state index in [0.29, 0.717) is 11.8 Å². The molecular formula is C12H18ClN. The van der Waals surface area contributed by atoms with Gasteiger partial charge < -0.3 is 5.73 Å².